The lowest BCUT2D eigenvalue weighted by Gasteiger charge is -2.50. The fourth-order valence-corrected chi connectivity index (χ4v) is 4.52. The third-order valence-electron chi connectivity index (χ3n) is 5.83. The van der Waals surface area contributed by atoms with Gasteiger partial charge in [0, 0.05) is 29.5 Å². The predicted octanol–water partition coefficient (Wildman–Crippen LogP) is 3.82. The number of fused-ring (bicyclic) bond motifs is 1. The molecule has 8 nitrogen and oxygen atoms in total. The van der Waals surface area contributed by atoms with Gasteiger partial charge in [-0.1, -0.05) is 0 Å². The van der Waals surface area contributed by atoms with E-state index in [2.05, 4.69) is 27.3 Å². The Morgan fingerprint density at radius 1 is 1.23 bits per heavy atom. The van der Waals surface area contributed by atoms with Gasteiger partial charge in [-0.05, 0) is 44.0 Å². The van der Waals surface area contributed by atoms with E-state index in [0.717, 1.165) is 27.9 Å². The van der Waals surface area contributed by atoms with Gasteiger partial charge in [0.05, 0.1) is 46.9 Å². The minimum absolute atomic E-state index is 0.316. The number of nitrogens with one attached hydrogen (secondary N) is 1. The third-order valence-corrected chi connectivity index (χ3v) is 5.83. The quantitative estimate of drug-likeness (QED) is 0.562. The van der Waals surface area contributed by atoms with E-state index in [0.29, 0.717) is 25.0 Å². The molecule has 0 spiro atoms. The van der Waals surface area contributed by atoms with E-state index in [1.54, 1.807) is 18.6 Å². The zero-order chi connectivity index (χ0) is 20.8. The highest BCUT2D eigenvalue weighted by Crippen LogP contribution is 2.54. The number of H-pyrrole nitrogens is 1. The number of hydrogen-bond acceptors (Lipinski definition) is 6. The van der Waals surface area contributed by atoms with Crippen molar-refractivity contribution in [3.63, 3.8) is 0 Å². The second-order valence-electron chi connectivity index (χ2n) is 8.14. The number of pyridine rings is 2. The number of aromatic amines is 1. The predicted molar refractivity (Wildman–Crippen MR) is 109 cm³/mol. The summed E-state index contributed by atoms with van der Waals surface area (Å²) in [4.78, 5) is 9.35. The van der Waals surface area contributed by atoms with Crippen LogP contribution in [0.15, 0.2) is 49.1 Å². The summed E-state index contributed by atoms with van der Waals surface area (Å²) in [5.74, 6) is 0. The standard InChI is InChI=1S/C22H18N8/c1-21(14-24)12-22(13-21,5-6-23)30-8-4-17(29-30)20-16-3-2-7-25-19(16)9-18(28-20)15-10-26-27-11-15/h2-4,7-11H,5,12-13H2,1H3,(H,26,27). The Morgan fingerprint density at radius 3 is 2.83 bits per heavy atom. The summed E-state index contributed by atoms with van der Waals surface area (Å²) in [6.45, 7) is 1.93. The molecular formula is C22H18N8. The van der Waals surface area contributed by atoms with Crippen molar-refractivity contribution >= 4 is 10.9 Å². The van der Waals surface area contributed by atoms with E-state index >= 15 is 0 Å². The number of nitriles is 2. The van der Waals surface area contributed by atoms with Gasteiger partial charge in [0.2, 0.25) is 0 Å². The van der Waals surface area contributed by atoms with Crippen molar-refractivity contribution in [1.29, 1.82) is 10.5 Å². The van der Waals surface area contributed by atoms with Gasteiger partial charge in [0.15, 0.2) is 0 Å². The van der Waals surface area contributed by atoms with Crippen LogP contribution in [0.2, 0.25) is 0 Å². The van der Waals surface area contributed by atoms with Crippen molar-refractivity contribution in [3.8, 4) is 34.8 Å². The molecule has 30 heavy (non-hydrogen) atoms. The van der Waals surface area contributed by atoms with Gasteiger partial charge in [0.25, 0.3) is 0 Å². The number of rotatable bonds is 4. The van der Waals surface area contributed by atoms with Gasteiger partial charge >= 0.3 is 0 Å². The summed E-state index contributed by atoms with van der Waals surface area (Å²) in [6, 6.07) is 12.3. The molecule has 0 bridgehead atoms. The molecule has 4 heterocycles. The van der Waals surface area contributed by atoms with E-state index in [4.69, 9.17) is 10.1 Å². The molecule has 8 heteroatoms. The molecule has 0 aromatic carbocycles. The van der Waals surface area contributed by atoms with Crippen LogP contribution in [-0.4, -0.2) is 29.9 Å². The molecule has 1 aliphatic rings. The SMILES string of the molecule is CC1(C#N)CC(CC#N)(n2ccc(-c3nc(-c4cn[nH]c4)cc4ncccc34)n2)C1. The van der Waals surface area contributed by atoms with E-state index in [1.165, 1.54) is 0 Å². The maximum Gasteiger partial charge on any atom is 0.111 e. The molecule has 0 atom stereocenters. The van der Waals surface area contributed by atoms with Crippen LogP contribution in [0.5, 0.6) is 0 Å². The molecule has 1 aliphatic carbocycles. The van der Waals surface area contributed by atoms with Crippen molar-refractivity contribution in [2.24, 2.45) is 5.41 Å². The maximum absolute atomic E-state index is 9.43. The zero-order valence-corrected chi connectivity index (χ0v) is 16.4. The second kappa shape index (κ2) is 6.50. The average Bonchev–Trinajstić information content (AvgIpc) is 3.44. The highest BCUT2D eigenvalue weighted by atomic mass is 15.3. The minimum Gasteiger partial charge on any atom is -0.285 e. The molecule has 0 saturated heterocycles. The van der Waals surface area contributed by atoms with Crippen molar-refractivity contribution in [1.82, 2.24) is 29.9 Å². The molecule has 0 radical (unpaired) electrons. The van der Waals surface area contributed by atoms with E-state index in [1.807, 2.05) is 42.1 Å². The lowest BCUT2D eigenvalue weighted by molar-refractivity contribution is 0.0200. The monoisotopic (exact) mass is 394 g/mol. The van der Waals surface area contributed by atoms with Crippen LogP contribution >= 0.6 is 0 Å². The summed E-state index contributed by atoms with van der Waals surface area (Å²) in [6.07, 6.45) is 8.68. The smallest absolute Gasteiger partial charge is 0.111 e. The Bertz CT molecular complexity index is 1310. The average molecular weight is 394 g/mol. The molecule has 0 unspecified atom stereocenters. The zero-order valence-electron chi connectivity index (χ0n) is 16.4. The third kappa shape index (κ3) is 2.73. The minimum atomic E-state index is -0.451. The van der Waals surface area contributed by atoms with Gasteiger partial charge in [0.1, 0.15) is 11.4 Å². The van der Waals surface area contributed by atoms with E-state index < -0.39 is 11.0 Å². The van der Waals surface area contributed by atoms with Gasteiger partial charge in [-0.3, -0.25) is 14.8 Å². The molecule has 146 valence electrons. The van der Waals surface area contributed by atoms with Gasteiger partial charge < -0.3 is 0 Å². The van der Waals surface area contributed by atoms with E-state index in [-0.39, 0.29) is 0 Å². The fourth-order valence-electron chi connectivity index (χ4n) is 4.52. The molecule has 1 fully saturated rings. The van der Waals surface area contributed by atoms with Crippen molar-refractivity contribution in [2.75, 3.05) is 0 Å². The summed E-state index contributed by atoms with van der Waals surface area (Å²) >= 11 is 0. The Morgan fingerprint density at radius 2 is 2.10 bits per heavy atom. The molecule has 5 rings (SSSR count). The fraction of sp³-hybridized carbons (Fsp3) is 0.273. The van der Waals surface area contributed by atoms with Gasteiger partial charge in [-0.25, -0.2) is 4.98 Å². The van der Waals surface area contributed by atoms with Crippen LogP contribution in [0, 0.1) is 28.1 Å². The first-order valence-electron chi connectivity index (χ1n) is 9.66. The first-order valence-corrected chi connectivity index (χ1v) is 9.66. The Labute approximate surface area is 172 Å². The Balaban J connectivity index is 1.62. The maximum atomic E-state index is 9.43. The van der Waals surface area contributed by atoms with Gasteiger partial charge in [-0.2, -0.15) is 20.7 Å². The summed E-state index contributed by atoms with van der Waals surface area (Å²) in [5.41, 5.74) is 3.01. The van der Waals surface area contributed by atoms with Crippen LogP contribution in [-0.2, 0) is 5.54 Å². The second-order valence-corrected chi connectivity index (χ2v) is 8.14. The first kappa shape index (κ1) is 18.0. The number of nitrogens with zero attached hydrogens (tertiary/aromatic N) is 7. The molecule has 0 amide bonds. The highest BCUT2D eigenvalue weighted by Gasteiger charge is 2.54. The molecule has 4 aromatic heterocycles. The normalized spacial score (nSPS) is 22.9. The topological polar surface area (TPSA) is 120 Å². The van der Waals surface area contributed by atoms with Gasteiger partial charge in [-0.15, -0.1) is 0 Å². The Kier molecular flexibility index (Phi) is 3.90. The van der Waals surface area contributed by atoms with Crippen molar-refractivity contribution < 1.29 is 0 Å². The molecule has 0 aliphatic heterocycles. The lowest BCUT2D eigenvalue weighted by Crippen LogP contribution is -2.51. The summed E-state index contributed by atoms with van der Waals surface area (Å²) in [5, 5.41) is 31.3. The molecule has 4 aromatic rings. The molecule has 1 saturated carbocycles. The van der Waals surface area contributed by atoms with Crippen LogP contribution in [0.25, 0.3) is 33.5 Å². The largest absolute Gasteiger partial charge is 0.285 e. The molecular weight excluding hydrogens is 376 g/mol. The van der Waals surface area contributed by atoms with Crippen LogP contribution in [0.4, 0.5) is 0 Å². The van der Waals surface area contributed by atoms with E-state index in [9.17, 15) is 10.5 Å². The molecule has 1 N–H and O–H groups in total. The summed E-state index contributed by atoms with van der Waals surface area (Å²) < 4.78 is 1.85. The highest BCUT2D eigenvalue weighted by molar-refractivity contribution is 5.93. The van der Waals surface area contributed by atoms with Crippen LogP contribution in [0.3, 0.4) is 0 Å². The van der Waals surface area contributed by atoms with Crippen molar-refractivity contribution in [3.05, 3.63) is 49.1 Å². The lowest BCUT2D eigenvalue weighted by atomic mass is 9.58. The van der Waals surface area contributed by atoms with Crippen LogP contribution in [0.1, 0.15) is 26.2 Å². The number of hydrogen-bond donors (Lipinski definition) is 1. The Hall–Kier alpha value is -4.04. The van der Waals surface area contributed by atoms with Crippen LogP contribution < -0.4 is 0 Å². The first-order chi connectivity index (χ1) is 14.6. The van der Waals surface area contributed by atoms with Crippen molar-refractivity contribution in [2.45, 2.75) is 31.7 Å². The summed E-state index contributed by atoms with van der Waals surface area (Å²) in [7, 11) is 0. The number of aromatic nitrogens is 6.